The molecule has 0 saturated heterocycles. The number of nitrogens with one attached hydrogen (secondary N) is 1. The third-order valence-electron chi connectivity index (χ3n) is 2.45. The van der Waals surface area contributed by atoms with Crippen molar-refractivity contribution < 1.29 is 13.6 Å². The Morgan fingerprint density at radius 2 is 2.30 bits per heavy atom. The molecule has 104 valence electrons. The SMILES string of the molecule is [CH]c1cccc(-c2nn(CC(=O)NCCF)c(=O)o2)c1. The minimum absolute atomic E-state index is 0.0700. The van der Waals surface area contributed by atoms with Crippen LogP contribution < -0.4 is 11.1 Å². The third-order valence-corrected chi connectivity index (χ3v) is 2.45. The van der Waals surface area contributed by atoms with E-state index in [1.54, 1.807) is 24.3 Å². The molecule has 2 radical (unpaired) electrons. The lowest BCUT2D eigenvalue weighted by molar-refractivity contribution is -0.122. The molecule has 0 saturated carbocycles. The number of carbonyl (C=O) groups excluding carboxylic acids is 1. The number of aromatic nitrogens is 2. The first-order chi connectivity index (χ1) is 9.60. The van der Waals surface area contributed by atoms with Gasteiger partial charge in [-0.1, -0.05) is 12.1 Å². The average molecular weight is 277 g/mol. The van der Waals surface area contributed by atoms with Crippen LogP contribution in [0.4, 0.5) is 4.39 Å². The number of benzene rings is 1. The zero-order valence-corrected chi connectivity index (χ0v) is 10.5. The molecule has 0 spiro atoms. The molecular formula is C13H12FN3O3. The number of hydrogen-bond acceptors (Lipinski definition) is 4. The van der Waals surface area contributed by atoms with Crippen LogP contribution in [0.3, 0.4) is 0 Å². The van der Waals surface area contributed by atoms with E-state index in [1.807, 2.05) is 0 Å². The van der Waals surface area contributed by atoms with Gasteiger partial charge in [0.15, 0.2) is 0 Å². The smallest absolute Gasteiger partial charge is 0.388 e. The van der Waals surface area contributed by atoms with Crippen LogP contribution in [0.1, 0.15) is 5.56 Å². The maximum atomic E-state index is 11.9. The molecule has 2 rings (SSSR count). The maximum Gasteiger partial charge on any atom is 0.437 e. The van der Waals surface area contributed by atoms with Gasteiger partial charge in [-0.2, -0.15) is 4.68 Å². The Hall–Kier alpha value is -2.44. The summed E-state index contributed by atoms with van der Waals surface area (Å²) in [6.45, 7) is 4.52. The van der Waals surface area contributed by atoms with Gasteiger partial charge in [0.25, 0.3) is 0 Å². The standard InChI is InChI=1S/C13H12FN3O3/c1-9-3-2-4-10(7-9)12-16-17(13(19)20-12)8-11(18)15-6-5-14/h1-4,7H,5-6,8H2,(H,15,18). The quantitative estimate of drug-likeness (QED) is 0.870. The van der Waals surface area contributed by atoms with Crippen LogP contribution in [0, 0.1) is 6.92 Å². The van der Waals surface area contributed by atoms with Crippen molar-refractivity contribution in [3.05, 3.63) is 47.3 Å². The molecule has 2 aromatic rings. The lowest BCUT2D eigenvalue weighted by Gasteiger charge is -2.00. The molecule has 0 aliphatic heterocycles. The van der Waals surface area contributed by atoms with Gasteiger partial charge in [-0.25, -0.2) is 9.18 Å². The zero-order chi connectivity index (χ0) is 14.5. The predicted molar refractivity (Wildman–Crippen MR) is 68.6 cm³/mol. The van der Waals surface area contributed by atoms with E-state index in [0.717, 1.165) is 4.68 Å². The lowest BCUT2D eigenvalue weighted by atomic mass is 10.1. The molecule has 0 aliphatic carbocycles. The molecule has 0 aliphatic rings. The summed E-state index contributed by atoms with van der Waals surface area (Å²) in [5.41, 5.74) is 1.03. The van der Waals surface area contributed by atoms with Gasteiger partial charge in [0.2, 0.25) is 11.8 Å². The molecule has 7 heteroatoms. The minimum atomic E-state index is -0.766. The number of alkyl halides is 1. The highest BCUT2D eigenvalue weighted by Gasteiger charge is 2.12. The topological polar surface area (TPSA) is 77.1 Å². The molecule has 1 heterocycles. The summed E-state index contributed by atoms with van der Waals surface area (Å²) in [6, 6.07) is 6.65. The fraction of sp³-hybridized carbons (Fsp3) is 0.231. The Labute approximate surface area is 114 Å². The van der Waals surface area contributed by atoms with Crippen molar-refractivity contribution in [3.8, 4) is 11.5 Å². The molecule has 1 aromatic heterocycles. The monoisotopic (exact) mass is 277 g/mol. The normalized spacial score (nSPS) is 10.5. The number of halogens is 1. The molecule has 0 unspecified atom stereocenters. The van der Waals surface area contributed by atoms with Crippen molar-refractivity contribution in [2.24, 2.45) is 0 Å². The van der Waals surface area contributed by atoms with E-state index in [0.29, 0.717) is 11.1 Å². The predicted octanol–water partition coefficient (Wildman–Crippen LogP) is 0.648. The van der Waals surface area contributed by atoms with Gasteiger partial charge < -0.3 is 9.73 Å². The van der Waals surface area contributed by atoms with E-state index in [2.05, 4.69) is 10.4 Å². The van der Waals surface area contributed by atoms with E-state index < -0.39 is 18.3 Å². The number of amides is 1. The Balaban J connectivity index is 2.18. The van der Waals surface area contributed by atoms with Crippen molar-refractivity contribution in [1.29, 1.82) is 0 Å². The molecule has 6 nitrogen and oxygen atoms in total. The van der Waals surface area contributed by atoms with Gasteiger partial charge in [-0.15, -0.1) is 5.10 Å². The van der Waals surface area contributed by atoms with Crippen LogP contribution in [0.15, 0.2) is 33.5 Å². The van der Waals surface area contributed by atoms with Crippen molar-refractivity contribution in [3.63, 3.8) is 0 Å². The molecule has 1 aromatic carbocycles. The first kappa shape index (κ1) is 14.0. The second kappa shape index (κ2) is 6.14. The Bertz CT molecular complexity index is 663. The van der Waals surface area contributed by atoms with Gasteiger partial charge >= 0.3 is 5.76 Å². The van der Waals surface area contributed by atoms with Crippen LogP contribution in [0.2, 0.25) is 0 Å². The van der Waals surface area contributed by atoms with Crippen LogP contribution >= 0.6 is 0 Å². The van der Waals surface area contributed by atoms with E-state index in [9.17, 15) is 14.0 Å². The highest BCUT2D eigenvalue weighted by Crippen LogP contribution is 2.16. The van der Waals surface area contributed by atoms with Crippen LogP contribution in [-0.2, 0) is 11.3 Å². The van der Waals surface area contributed by atoms with E-state index in [4.69, 9.17) is 11.3 Å². The Morgan fingerprint density at radius 3 is 3.00 bits per heavy atom. The highest BCUT2D eigenvalue weighted by molar-refractivity contribution is 5.75. The van der Waals surface area contributed by atoms with Gasteiger partial charge in [0.1, 0.15) is 13.2 Å². The molecule has 1 N–H and O–H groups in total. The van der Waals surface area contributed by atoms with E-state index in [1.165, 1.54) is 0 Å². The fourth-order valence-corrected chi connectivity index (χ4v) is 1.57. The van der Waals surface area contributed by atoms with Crippen molar-refractivity contribution in [1.82, 2.24) is 15.1 Å². The summed E-state index contributed by atoms with van der Waals surface area (Å²) in [4.78, 5) is 22.9. The Morgan fingerprint density at radius 1 is 1.50 bits per heavy atom. The second-order valence-corrected chi connectivity index (χ2v) is 4.00. The van der Waals surface area contributed by atoms with Gasteiger partial charge in [-0.05, 0) is 24.6 Å². The molecule has 0 atom stereocenters. The van der Waals surface area contributed by atoms with Crippen LogP contribution in [0.5, 0.6) is 0 Å². The van der Waals surface area contributed by atoms with Crippen molar-refractivity contribution >= 4 is 5.91 Å². The van der Waals surface area contributed by atoms with Crippen LogP contribution in [0.25, 0.3) is 11.5 Å². The van der Waals surface area contributed by atoms with Gasteiger partial charge in [0.05, 0.1) is 0 Å². The third kappa shape index (κ3) is 3.31. The van der Waals surface area contributed by atoms with Crippen molar-refractivity contribution in [2.75, 3.05) is 13.2 Å². The summed E-state index contributed by atoms with van der Waals surface area (Å²) in [6.07, 6.45) is 0. The summed E-state index contributed by atoms with van der Waals surface area (Å²) < 4.78 is 17.7. The fourth-order valence-electron chi connectivity index (χ4n) is 1.57. The molecular weight excluding hydrogens is 265 g/mol. The lowest BCUT2D eigenvalue weighted by Crippen LogP contribution is -2.32. The first-order valence-corrected chi connectivity index (χ1v) is 5.86. The number of nitrogens with zero attached hydrogens (tertiary/aromatic N) is 2. The summed E-state index contributed by atoms with van der Waals surface area (Å²) in [5.74, 6) is -1.21. The zero-order valence-electron chi connectivity index (χ0n) is 10.5. The van der Waals surface area contributed by atoms with Crippen LogP contribution in [-0.4, -0.2) is 28.9 Å². The summed E-state index contributed by atoms with van der Waals surface area (Å²) in [7, 11) is 0. The molecule has 0 fully saturated rings. The first-order valence-electron chi connectivity index (χ1n) is 5.86. The molecule has 0 bridgehead atoms. The second-order valence-electron chi connectivity index (χ2n) is 4.00. The average Bonchev–Trinajstić information content (AvgIpc) is 2.78. The number of carbonyl (C=O) groups is 1. The maximum absolute atomic E-state index is 11.9. The summed E-state index contributed by atoms with van der Waals surface area (Å²) in [5, 5.41) is 6.19. The highest BCUT2D eigenvalue weighted by atomic mass is 19.1. The number of hydrogen-bond donors (Lipinski definition) is 1. The summed E-state index contributed by atoms with van der Waals surface area (Å²) >= 11 is 0. The number of rotatable bonds is 5. The molecule has 1 amide bonds. The Kier molecular flexibility index (Phi) is 4.29. The van der Waals surface area contributed by atoms with Gasteiger partial charge in [-0.3, -0.25) is 4.79 Å². The van der Waals surface area contributed by atoms with E-state index in [-0.39, 0.29) is 19.0 Å². The largest absolute Gasteiger partial charge is 0.437 e. The van der Waals surface area contributed by atoms with Gasteiger partial charge in [0, 0.05) is 12.1 Å². The molecule has 20 heavy (non-hydrogen) atoms. The van der Waals surface area contributed by atoms with E-state index >= 15 is 0 Å². The minimum Gasteiger partial charge on any atom is -0.388 e. The van der Waals surface area contributed by atoms with Crippen molar-refractivity contribution in [2.45, 2.75) is 6.54 Å².